The Morgan fingerprint density at radius 2 is 1.94 bits per heavy atom. The van der Waals surface area contributed by atoms with Gasteiger partial charge < -0.3 is 19.4 Å². The van der Waals surface area contributed by atoms with Crippen LogP contribution < -0.4 is 10.7 Å². The van der Waals surface area contributed by atoms with Gasteiger partial charge in [-0.2, -0.15) is 0 Å². The lowest BCUT2D eigenvalue weighted by Crippen LogP contribution is -2.32. The van der Waals surface area contributed by atoms with E-state index in [1.54, 1.807) is 39.8 Å². The second-order valence-corrected chi connectivity index (χ2v) is 8.71. The van der Waals surface area contributed by atoms with Crippen LogP contribution in [0.15, 0.2) is 34.1 Å². The number of fused-ring (bicyclic) bond motifs is 1. The highest BCUT2D eigenvalue weighted by Gasteiger charge is 2.19. The van der Waals surface area contributed by atoms with Gasteiger partial charge in [0.1, 0.15) is 18.3 Å². The molecule has 0 saturated carbocycles. The first-order valence-corrected chi connectivity index (χ1v) is 11.2. The summed E-state index contributed by atoms with van der Waals surface area (Å²) in [5, 5.41) is 2.63. The summed E-state index contributed by atoms with van der Waals surface area (Å²) in [7, 11) is 0. The van der Waals surface area contributed by atoms with E-state index in [4.69, 9.17) is 9.47 Å². The van der Waals surface area contributed by atoms with Crippen molar-refractivity contribution >= 4 is 34.7 Å². The molecule has 0 aliphatic carbocycles. The zero-order valence-electron chi connectivity index (χ0n) is 18.4. The summed E-state index contributed by atoms with van der Waals surface area (Å²) < 4.78 is 25.1. The van der Waals surface area contributed by atoms with E-state index in [-0.39, 0.29) is 30.1 Å². The zero-order valence-corrected chi connectivity index (χ0v) is 19.3. The van der Waals surface area contributed by atoms with E-state index in [0.717, 1.165) is 4.90 Å². The number of halogens is 1. The Hall–Kier alpha value is -2.55. The fourth-order valence-electron chi connectivity index (χ4n) is 2.86. The average Bonchev–Trinajstić information content (AvgIpc) is 2.71. The van der Waals surface area contributed by atoms with E-state index in [1.165, 1.54) is 18.0 Å². The number of nitrogens with one attached hydrogen (secondary N) is 1. The van der Waals surface area contributed by atoms with E-state index >= 15 is 0 Å². The predicted molar refractivity (Wildman–Crippen MR) is 119 cm³/mol. The third kappa shape index (κ3) is 6.72. The van der Waals surface area contributed by atoms with Gasteiger partial charge in [-0.3, -0.25) is 4.79 Å². The number of rotatable bonds is 9. The highest BCUT2D eigenvalue weighted by molar-refractivity contribution is 7.99. The number of alkyl halides is 1. The largest absolute Gasteiger partial charge is 0.459 e. The van der Waals surface area contributed by atoms with Crippen LogP contribution in [0.2, 0.25) is 0 Å². The highest BCUT2D eigenvalue weighted by Crippen LogP contribution is 2.25. The van der Waals surface area contributed by atoms with Gasteiger partial charge in [0, 0.05) is 23.0 Å². The van der Waals surface area contributed by atoms with Crippen molar-refractivity contribution in [1.29, 1.82) is 0 Å². The van der Waals surface area contributed by atoms with E-state index in [9.17, 15) is 18.8 Å². The van der Waals surface area contributed by atoms with Crippen LogP contribution in [-0.2, 0) is 16.0 Å². The number of hydrogen-bond acceptors (Lipinski definition) is 6. The predicted octanol–water partition coefficient (Wildman–Crippen LogP) is 4.50. The maximum atomic E-state index is 13.2. The molecule has 7 nitrogen and oxygen atoms in total. The Bertz CT molecular complexity index is 992. The van der Waals surface area contributed by atoms with Crippen LogP contribution in [0.4, 0.5) is 9.18 Å². The first-order valence-electron chi connectivity index (χ1n) is 10.3. The molecule has 1 amide bonds. The Morgan fingerprint density at radius 3 is 2.55 bits per heavy atom. The van der Waals surface area contributed by atoms with Crippen LogP contribution in [0.1, 0.15) is 51.4 Å². The van der Waals surface area contributed by atoms with E-state index in [1.807, 2.05) is 17.6 Å². The molecule has 2 unspecified atom stereocenters. The molecule has 2 aromatic rings. The Kier molecular flexibility index (Phi) is 8.91. The van der Waals surface area contributed by atoms with Crippen LogP contribution in [-0.4, -0.2) is 40.9 Å². The monoisotopic (exact) mass is 452 g/mol. The quantitative estimate of drug-likeness (QED) is 0.343. The smallest absolute Gasteiger partial charge is 0.408 e. The van der Waals surface area contributed by atoms with E-state index in [2.05, 4.69) is 5.32 Å². The van der Waals surface area contributed by atoms with Gasteiger partial charge in [0.2, 0.25) is 5.43 Å². The standard InChI is InChI=1S/C22H29FN2O5S/c1-6-15(23)12-29-22(28)24-14(5)31-16-8-9-19-17(10-16)20(26)18(11-25(19)7-2)21(27)30-13(3)4/h8-11,13-15H,6-7,12H2,1-5H3,(H,24,28). The molecule has 1 N–H and O–H groups in total. The molecule has 0 radical (unpaired) electrons. The maximum Gasteiger partial charge on any atom is 0.408 e. The molecule has 0 aliphatic rings. The molecule has 1 aromatic carbocycles. The molecule has 2 rings (SSSR count). The first kappa shape index (κ1) is 24.7. The minimum Gasteiger partial charge on any atom is -0.459 e. The van der Waals surface area contributed by atoms with Crippen LogP contribution >= 0.6 is 11.8 Å². The average molecular weight is 453 g/mol. The van der Waals surface area contributed by atoms with Crippen molar-refractivity contribution in [3.63, 3.8) is 0 Å². The van der Waals surface area contributed by atoms with Gasteiger partial charge in [0.15, 0.2) is 0 Å². The molecule has 0 spiro atoms. The van der Waals surface area contributed by atoms with Crippen molar-refractivity contribution in [2.75, 3.05) is 6.61 Å². The van der Waals surface area contributed by atoms with Crippen molar-refractivity contribution in [3.05, 3.63) is 40.2 Å². The Balaban J connectivity index is 2.24. The zero-order chi connectivity index (χ0) is 23.1. The van der Waals surface area contributed by atoms with Gasteiger partial charge in [0.05, 0.1) is 17.0 Å². The molecular formula is C22H29FN2O5S. The van der Waals surface area contributed by atoms with Gasteiger partial charge in [-0.15, -0.1) is 11.8 Å². The van der Waals surface area contributed by atoms with E-state index in [0.29, 0.717) is 17.4 Å². The second kappa shape index (κ2) is 11.2. The molecule has 31 heavy (non-hydrogen) atoms. The van der Waals surface area contributed by atoms with Gasteiger partial charge in [-0.25, -0.2) is 14.0 Å². The summed E-state index contributed by atoms with van der Waals surface area (Å²) in [6.45, 7) is 9.07. The molecule has 170 valence electrons. The molecule has 1 heterocycles. The number of aryl methyl sites for hydroxylation is 1. The van der Waals surface area contributed by atoms with Gasteiger partial charge in [-0.1, -0.05) is 6.92 Å². The molecular weight excluding hydrogens is 423 g/mol. The number of nitrogens with zero attached hydrogens (tertiary/aromatic N) is 1. The summed E-state index contributed by atoms with van der Waals surface area (Å²) in [5.74, 6) is -0.654. The van der Waals surface area contributed by atoms with Crippen molar-refractivity contribution in [2.24, 2.45) is 0 Å². The van der Waals surface area contributed by atoms with Crippen molar-refractivity contribution in [3.8, 4) is 0 Å². The lowest BCUT2D eigenvalue weighted by atomic mass is 10.1. The number of carbonyl (C=O) groups is 2. The van der Waals surface area contributed by atoms with Gasteiger partial charge >= 0.3 is 12.1 Å². The highest BCUT2D eigenvalue weighted by atomic mass is 32.2. The van der Waals surface area contributed by atoms with Crippen molar-refractivity contribution in [1.82, 2.24) is 9.88 Å². The molecule has 0 bridgehead atoms. The number of carbonyl (C=O) groups excluding carboxylic acids is 2. The molecule has 2 atom stereocenters. The van der Waals surface area contributed by atoms with Gasteiger partial charge in [0.25, 0.3) is 0 Å². The molecule has 0 saturated heterocycles. The Labute approximate surface area is 185 Å². The van der Waals surface area contributed by atoms with Gasteiger partial charge in [-0.05, 0) is 52.3 Å². The molecule has 0 aliphatic heterocycles. The number of amides is 1. The Morgan fingerprint density at radius 1 is 1.23 bits per heavy atom. The summed E-state index contributed by atoms with van der Waals surface area (Å²) in [5.41, 5.74) is 0.282. The first-order chi connectivity index (χ1) is 14.7. The minimum absolute atomic E-state index is 0.0170. The number of esters is 1. The SMILES string of the molecule is CCC(F)COC(=O)NC(C)Sc1ccc2c(c1)c(=O)c(C(=O)OC(C)C)cn2CC. The minimum atomic E-state index is -1.19. The van der Waals surface area contributed by atoms with Crippen LogP contribution in [0.3, 0.4) is 0 Å². The van der Waals surface area contributed by atoms with E-state index < -0.39 is 23.7 Å². The number of hydrogen-bond donors (Lipinski definition) is 1. The number of pyridine rings is 1. The molecule has 9 heteroatoms. The lowest BCUT2D eigenvalue weighted by Gasteiger charge is -2.16. The molecule has 1 aromatic heterocycles. The van der Waals surface area contributed by atoms with Crippen LogP contribution in [0.5, 0.6) is 0 Å². The third-order valence-corrected chi connectivity index (χ3v) is 5.42. The number of aromatic nitrogens is 1. The summed E-state index contributed by atoms with van der Waals surface area (Å²) in [4.78, 5) is 37.9. The maximum absolute atomic E-state index is 13.2. The summed E-state index contributed by atoms with van der Waals surface area (Å²) in [6, 6.07) is 5.34. The normalized spacial score (nSPS) is 13.1. The molecule has 0 fully saturated rings. The number of ether oxygens (including phenoxy) is 2. The lowest BCUT2D eigenvalue weighted by molar-refractivity contribution is 0.0375. The number of alkyl carbamates (subject to hydrolysis) is 1. The summed E-state index contributed by atoms with van der Waals surface area (Å²) >= 11 is 1.30. The van der Waals surface area contributed by atoms with Crippen molar-refractivity contribution in [2.45, 2.75) is 70.1 Å². The van der Waals surface area contributed by atoms with Crippen LogP contribution in [0.25, 0.3) is 10.9 Å². The number of benzene rings is 1. The fourth-order valence-corrected chi connectivity index (χ4v) is 3.76. The third-order valence-electron chi connectivity index (χ3n) is 4.43. The topological polar surface area (TPSA) is 86.6 Å². The van der Waals surface area contributed by atoms with Crippen LogP contribution in [0, 0.1) is 0 Å². The summed E-state index contributed by atoms with van der Waals surface area (Å²) in [6.07, 6.45) is -0.431. The second-order valence-electron chi connectivity index (χ2n) is 7.30. The van der Waals surface area contributed by atoms with Crippen molar-refractivity contribution < 1.29 is 23.5 Å². The fraction of sp³-hybridized carbons (Fsp3) is 0.500. The number of thioether (sulfide) groups is 1.